The second kappa shape index (κ2) is 8.18. The number of aromatic nitrogens is 2. The van der Waals surface area contributed by atoms with Crippen molar-refractivity contribution in [3.05, 3.63) is 54.6 Å². The van der Waals surface area contributed by atoms with Crippen molar-refractivity contribution in [2.45, 2.75) is 37.8 Å². The first-order valence-electron chi connectivity index (χ1n) is 10.5. The minimum atomic E-state index is -0.00265. The lowest BCUT2D eigenvalue weighted by Crippen LogP contribution is -2.59. The Labute approximate surface area is 175 Å². The first-order valence-corrected chi connectivity index (χ1v) is 10.5. The Kier molecular flexibility index (Phi) is 5.09. The van der Waals surface area contributed by atoms with E-state index in [2.05, 4.69) is 15.5 Å². The van der Waals surface area contributed by atoms with Crippen LogP contribution in [0.2, 0.25) is 0 Å². The van der Waals surface area contributed by atoms with Gasteiger partial charge in [-0.05, 0) is 31.0 Å². The van der Waals surface area contributed by atoms with Gasteiger partial charge in [0.1, 0.15) is 11.9 Å². The molecular weight excluding hydrogens is 380 g/mol. The zero-order chi connectivity index (χ0) is 20.3. The average Bonchev–Trinajstić information content (AvgIpc) is 3.43. The number of nitrogens with zero attached hydrogens (tertiary/aromatic N) is 3. The van der Waals surface area contributed by atoms with Crippen LogP contribution < -0.4 is 10.1 Å². The molecule has 2 aliphatic rings. The fourth-order valence-corrected chi connectivity index (χ4v) is 3.95. The van der Waals surface area contributed by atoms with Gasteiger partial charge in [-0.1, -0.05) is 54.4 Å². The van der Waals surface area contributed by atoms with E-state index in [0.717, 1.165) is 29.7 Å². The molecule has 5 rings (SSSR count). The molecule has 1 aliphatic carbocycles. The van der Waals surface area contributed by atoms with Gasteiger partial charge in [-0.2, -0.15) is 4.98 Å². The van der Waals surface area contributed by atoms with Crippen molar-refractivity contribution in [1.82, 2.24) is 20.4 Å². The van der Waals surface area contributed by atoms with Crippen LogP contribution in [0.1, 0.15) is 25.7 Å². The molecule has 0 bridgehead atoms. The second-order valence-electron chi connectivity index (χ2n) is 7.89. The molecule has 1 saturated heterocycles. The number of nitrogens with one attached hydrogen (secondary N) is 1. The van der Waals surface area contributed by atoms with E-state index >= 15 is 0 Å². The standard InChI is InChI=1S/C23H24N4O3/c28-23(24-18-10-4-5-11-18)27-14-20(15-27)29-19-12-6-9-17(13-19)22-25-21(26-30-22)16-7-2-1-3-8-16/h1-3,6-9,12-13,18,20H,4-5,10-11,14-15H2,(H,24,28). The van der Waals surface area contributed by atoms with Crippen LogP contribution >= 0.6 is 0 Å². The van der Waals surface area contributed by atoms with Gasteiger partial charge >= 0.3 is 6.03 Å². The molecule has 2 fully saturated rings. The lowest BCUT2D eigenvalue weighted by Gasteiger charge is -2.39. The Bertz CT molecular complexity index is 1010. The van der Waals surface area contributed by atoms with Gasteiger partial charge in [0.25, 0.3) is 5.89 Å². The molecule has 0 radical (unpaired) electrons. The number of hydrogen-bond donors (Lipinski definition) is 1. The second-order valence-corrected chi connectivity index (χ2v) is 7.89. The van der Waals surface area contributed by atoms with Crippen LogP contribution in [0.25, 0.3) is 22.8 Å². The van der Waals surface area contributed by atoms with Crippen molar-refractivity contribution in [3.63, 3.8) is 0 Å². The van der Waals surface area contributed by atoms with Gasteiger partial charge < -0.3 is 19.5 Å². The third-order valence-corrected chi connectivity index (χ3v) is 5.66. The minimum absolute atomic E-state index is 0.00265. The van der Waals surface area contributed by atoms with Gasteiger partial charge in [-0.15, -0.1) is 0 Å². The number of rotatable bonds is 5. The van der Waals surface area contributed by atoms with Crippen molar-refractivity contribution in [2.75, 3.05) is 13.1 Å². The number of amides is 2. The number of hydrogen-bond acceptors (Lipinski definition) is 5. The van der Waals surface area contributed by atoms with Crippen LogP contribution in [0.4, 0.5) is 4.79 Å². The molecule has 1 aromatic heterocycles. The van der Waals surface area contributed by atoms with Crippen molar-refractivity contribution >= 4 is 6.03 Å². The maximum absolute atomic E-state index is 12.3. The third-order valence-electron chi connectivity index (χ3n) is 5.66. The fraction of sp³-hybridized carbons (Fsp3) is 0.348. The molecule has 1 aliphatic heterocycles. The van der Waals surface area contributed by atoms with Gasteiger partial charge in [-0.3, -0.25) is 0 Å². The number of carbonyl (C=O) groups excluding carboxylic acids is 1. The van der Waals surface area contributed by atoms with Crippen molar-refractivity contribution < 1.29 is 14.1 Å². The summed E-state index contributed by atoms with van der Waals surface area (Å²) >= 11 is 0. The number of ether oxygens (including phenoxy) is 1. The summed E-state index contributed by atoms with van der Waals surface area (Å²) in [4.78, 5) is 18.6. The van der Waals surface area contributed by atoms with E-state index in [-0.39, 0.29) is 12.1 Å². The van der Waals surface area contributed by atoms with Gasteiger partial charge in [0.2, 0.25) is 5.82 Å². The summed E-state index contributed by atoms with van der Waals surface area (Å²) in [6.07, 6.45) is 4.60. The van der Waals surface area contributed by atoms with Gasteiger partial charge in [0, 0.05) is 17.2 Å². The SMILES string of the molecule is O=C(NC1CCCC1)N1CC(Oc2cccc(-c3nc(-c4ccccc4)no3)c2)C1. The molecule has 2 heterocycles. The lowest BCUT2D eigenvalue weighted by atomic mass is 10.1. The van der Waals surface area contributed by atoms with E-state index in [1.54, 1.807) is 4.90 Å². The monoisotopic (exact) mass is 404 g/mol. The summed E-state index contributed by atoms with van der Waals surface area (Å²) in [6, 6.07) is 17.7. The van der Waals surface area contributed by atoms with Gasteiger partial charge in [0.15, 0.2) is 0 Å². The summed E-state index contributed by atoms with van der Waals surface area (Å²) in [7, 11) is 0. The van der Waals surface area contributed by atoms with Gasteiger partial charge in [0.05, 0.1) is 13.1 Å². The molecule has 1 saturated carbocycles. The first kappa shape index (κ1) is 18.7. The van der Waals surface area contributed by atoms with Crippen LogP contribution in [-0.4, -0.2) is 46.3 Å². The topological polar surface area (TPSA) is 80.5 Å². The molecule has 2 amide bonds. The maximum Gasteiger partial charge on any atom is 0.317 e. The maximum atomic E-state index is 12.3. The van der Waals surface area contributed by atoms with Crippen LogP contribution in [-0.2, 0) is 0 Å². The Morgan fingerprint density at radius 1 is 1.03 bits per heavy atom. The highest BCUT2D eigenvalue weighted by Gasteiger charge is 2.33. The number of urea groups is 1. The van der Waals surface area contributed by atoms with Crippen LogP contribution in [0.3, 0.4) is 0 Å². The van der Waals surface area contributed by atoms with Crippen molar-refractivity contribution in [2.24, 2.45) is 0 Å². The third kappa shape index (κ3) is 4.01. The minimum Gasteiger partial charge on any atom is -0.487 e. The zero-order valence-corrected chi connectivity index (χ0v) is 16.7. The molecule has 0 spiro atoms. The summed E-state index contributed by atoms with van der Waals surface area (Å²) in [5, 5.41) is 7.19. The fourth-order valence-electron chi connectivity index (χ4n) is 3.95. The Hall–Kier alpha value is -3.35. The van der Waals surface area contributed by atoms with E-state index in [1.807, 2.05) is 54.6 Å². The number of carbonyl (C=O) groups is 1. The predicted molar refractivity (Wildman–Crippen MR) is 112 cm³/mol. The molecule has 2 aromatic carbocycles. The molecule has 0 atom stereocenters. The normalized spacial score (nSPS) is 17.0. The van der Waals surface area contributed by atoms with E-state index in [1.165, 1.54) is 12.8 Å². The smallest absolute Gasteiger partial charge is 0.317 e. The molecule has 3 aromatic rings. The first-order chi connectivity index (χ1) is 14.7. The molecule has 1 N–H and O–H groups in total. The highest BCUT2D eigenvalue weighted by Crippen LogP contribution is 2.27. The highest BCUT2D eigenvalue weighted by atomic mass is 16.5. The van der Waals surface area contributed by atoms with E-state index in [4.69, 9.17) is 9.26 Å². The Morgan fingerprint density at radius 3 is 2.60 bits per heavy atom. The van der Waals surface area contributed by atoms with Gasteiger partial charge in [-0.25, -0.2) is 4.79 Å². The summed E-state index contributed by atoms with van der Waals surface area (Å²) in [6.45, 7) is 1.20. The van der Waals surface area contributed by atoms with Crippen molar-refractivity contribution in [1.29, 1.82) is 0 Å². The zero-order valence-electron chi connectivity index (χ0n) is 16.7. The van der Waals surface area contributed by atoms with Crippen molar-refractivity contribution in [3.8, 4) is 28.6 Å². The van der Waals surface area contributed by atoms with E-state index in [9.17, 15) is 4.79 Å². The number of likely N-dealkylation sites (tertiary alicyclic amines) is 1. The molecule has 7 heteroatoms. The summed E-state index contributed by atoms with van der Waals surface area (Å²) in [5.41, 5.74) is 1.71. The van der Waals surface area contributed by atoms with Crippen LogP contribution in [0.15, 0.2) is 59.1 Å². The Morgan fingerprint density at radius 2 is 1.80 bits per heavy atom. The lowest BCUT2D eigenvalue weighted by molar-refractivity contribution is 0.0435. The van der Waals surface area contributed by atoms with E-state index in [0.29, 0.717) is 30.8 Å². The molecule has 30 heavy (non-hydrogen) atoms. The van der Waals surface area contributed by atoms with Crippen LogP contribution in [0, 0.1) is 0 Å². The summed E-state index contributed by atoms with van der Waals surface area (Å²) < 4.78 is 11.5. The number of benzene rings is 2. The molecule has 7 nitrogen and oxygen atoms in total. The quantitative estimate of drug-likeness (QED) is 0.692. The summed E-state index contributed by atoms with van der Waals surface area (Å²) in [5.74, 6) is 1.73. The molecule has 154 valence electrons. The molecule has 0 unspecified atom stereocenters. The highest BCUT2D eigenvalue weighted by molar-refractivity contribution is 5.75. The average molecular weight is 404 g/mol. The molecular formula is C23H24N4O3. The van der Waals surface area contributed by atoms with E-state index < -0.39 is 0 Å². The van der Waals surface area contributed by atoms with Crippen LogP contribution in [0.5, 0.6) is 5.75 Å². The predicted octanol–water partition coefficient (Wildman–Crippen LogP) is 4.12. The Balaban J connectivity index is 1.18. The largest absolute Gasteiger partial charge is 0.487 e.